The fourth-order valence-electron chi connectivity index (χ4n) is 2.03. The van der Waals surface area contributed by atoms with Crippen LogP contribution in [0.25, 0.3) is 0 Å². The first-order valence-electron chi connectivity index (χ1n) is 4.70. The van der Waals surface area contributed by atoms with E-state index in [-0.39, 0.29) is 5.79 Å². The summed E-state index contributed by atoms with van der Waals surface area (Å²) >= 11 is 0. The number of hydrogen-bond acceptors (Lipinski definition) is 3. The highest BCUT2D eigenvalue weighted by Crippen LogP contribution is 2.32. The first kappa shape index (κ1) is 8.48. The van der Waals surface area contributed by atoms with Crippen LogP contribution in [0.15, 0.2) is 0 Å². The zero-order valence-corrected chi connectivity index (χ0v) is 7.88. The molecule has 3 heteroatoms. The van der Waals surface area contributed by atoms with Crippen molar-refractivity contribution in [2.24, 2.45) is 0 Å². The minimum absolute atomic E-state index is 0.258. The van der Waals surface area contributed by atoms with Gasteiger partial charge in [-0.3, -0.25) is 4.90 Å². The van der Waals surface area contributed by atoms with Crippen LogP contribution in [0.4, 0.5) is 0 Å². The third-order valence-electron chi connectivity index (χ3n) is 2.87. The number of nitrogens with zero attached hydrogens (tertiary/aromatic N) is 1. The van der Waals surface area contributed by atoms with Crippen LogP contribution in [0.5, 0.6) is 0 Å². The lowest BCUT2D eigenvalue weighted by Gasteiger charge is -2.33. The Bertz CT molecular complexity index is 154. The van der Waals surface area contributed by atoms with Crippen molar-refractivity contribution in [3.8, 4) is 0 Å². The smallest absolute Gasteiger partial charge is 0.182 e. The largest absolute Gasteiger partial charge is 0.349 e. The Balaban J connectivity index is 2.02. The van der Waals surface area contributed by atoms with E-state index in [4.69, 9.17) is 9.47 Å². The summed E-state index contributed by atoms with van der Waals surface area (Å²) in [6.07, 6.45) is 2.06. The molecule has 0 N–H and O–H groups in total. The lowest BCUT2D eigenvalue weighted by Crippen LogP contribution is -2.42. The molecule has 1 spiro atoms. The van der Waals surface area contributed by atoms with Gasteiger partial charge in [-0.2, -0.15) is 0 Å². The molecule has 0 amide bonds. The van der Waals surface area contributed by atoms with Crippen molar-refractivity contribution in [1.29, 1.82) is 0 Å². The zero-order valence-electron chi connectivity index (χ0n) is 7.88. The molecule has 2 heterocycles. The second-order valence-electron chi connectivity index (χ2n) is 3.93. The molecule has 2 aliphatic heterocycles. The predicted octanol–water partition coefficient (Wildman–Crippen LogP) is 0.844. The van der Waals surface area contributed by atoms with Gasteiger partial charge >= 0.3 is 0 Å². The molecule has 0 aromatic heterocycles. The van der Waals surface area contributed by atoms with Crippen LogP contribution >= 0.6 is 0 Å². The summed E-state index contributed by atoms with van der Waals surface area (Å²) < 4.78 is 11.4. The second kappa shape index (κ2) is 2.98. The molecule has 0 unspecified atom stereocenters. The van der Waals surface area contributed by atoms with E-state index in [0.717, 1.165) is 32.6 Å². The standard InChI is InChI=1S/C9H17NO2/c1-8-6-9(7-10(8)2)11-4-3-5-12-9/h8H,3-7H2,1-2H3/t8-/m1/s1. The van der Waals surface area contributed by atoms with Gasteiger partial charge in [0.15, 0.2) is 5.79 Å². The van der Waals surface area contributed by atoms with Crippen molar-refractivity contribution >= 4 is 0 Å². The van der Waals surface area contributed by atoms with Crippen LogP contribution in [0.3, 0.4) is 0 Å². The molecule has 0 aliphatic carbocycles. The molecule has 0 radical (unpaired) electrons. The van der Waals surface area contributed by atoms with E-state index in [9.17, 15) is 0 Å². The Morgan fingerprint density at radius 3 is 2.50 bits per heavy atom. The highest BCUT2D eigenvalue weighted by molar-refractivity contribution is 4.89. The van der Waals surface area contributed by atoms with E-state index in [1.807, 2.05) is 0 Å². The van der Waals surface area contributed by atoms with Gasteiger partial charge in [0.05, 0.1) is 19.8 Å². The third-order valence-corrected chi connectivity index (χ3v) is 2.87. The summed E-state index contributed by atoms with van der Waals surface area (Å²) in [6, 6.07) is 0.586. The van der Waals surface area contributed by atoms with Crippen molar-refractivity contribution in [2.75, 3.05) is 26.8 Å². The number of hydrogen-bond donors (Lipinski definition) is 0. The van der Waals surface area contributed by atoms with Gasteiger partial charge in [-0.25, -0.2) is 0 Å². The number of ether oxygens (including phenoxy) is 2. The maximum Gasteiger partial charge on any atom is 0.182 e. The minimum atomic E-state index is -0.258. The molecule has 0 bridgehead atoms. The van der Waals surface area contributed by atoms with Crippen molar-refractivity contribution in [2.45, 2.75) is 31.6 Å². The Morgan fingerprint density at radius 1 is 1.33 bits per heavy atom. The van der Waals surface area contributed by atoms with Crippen LogP contribution in [-0.4, -0.2) is 43.5 Å². The average Bonchev–Trinajstić information content (AvgIpc) is 2.29. The molecule has 1 atom stereocenters. The summed E-state index contributed by atoms with van der Waals surface area (Å²) in [5, 5.41) is 0. The Labute approximate surface area is 73.6 Å². The first-order chi connectivity index (χ1) is 5.72. The number of likely N-dealkylation sites (tertiary alicyclic amines) is 1. The van der Waals surface area contributed by atoms with Gasteiger partial charge < -0.3 is 9.47 Å². The lowest BCUT2D eigenvalue weighted by molar-refractivity contribution is -0.257. The highest BCUT2D eigenvalue weighted by Gasteiger charge is 2.43. The molecule has 70 valence electrons. The van der Waals surface area contributed by atoms with Crippen LogP contribution in [0.1, 0.15) is 19.8 Å². The van der Waals surface area contributed by atoms with Gasteiger partial charge in [0.1, 0.15) is 0 Å². The highest BCUT2D eigenvalue weighted by atomic mass is 16.7. The fourth-order valence-corrected chi connectivity index (χ4v) is 2.03. The van der Waals surface area contributed by atoms with E-state index in [0.29, 0.717) is 6.04 Å². The monoisotopic (exact) mass is 171 g/mol. The predicted molar refractivity (Wildman–Crippen MR) is 46.0 cm³/mol. The molecular weight excluding hydrogens is 154 g/mol. The molecule has 2 saturated heterocycles. The van der Waals surface area contributed by atoms with E-state index in [1.165, 1.54) is 0 Å². The molecular formula is C9H17NO2. The molecule has 0 aromatic rings. The Kier molecular flexibility index (Phi) is 2.10. The molecule has 2 aliphatic rings. The van der Waals surface area contributed by atoms with Crippen LogP contribution in [0.2, 0.25) is 0 Å². The van der Waals surface area contributed by atoms with Gasteiger partial charge in [0.25, 0.3) is 0 Å². The molecule has 0 aromatic carbocycles. The van der Waals surface area contributed by atoms with Gasteiger partial charge in [-0.05, 0) is 20.4 Å². The maximum atomic E-state index is 5.70. The van der Waals surface area contributed by atoms with Crippen LogP contribution in [0, 0.1) is 0 Å². The third kappa shape index (κ3) is 1.37. The second-order valence-corrected chi connectivity index (χ2v) is 3.93. The van der Waals surface area contributed by atoms with E-state index >= 15 is 0 Å². The van der Waals surface area contributed by atoms with Gasteiger partial charge in [0, 0.05) is 12.5 Å². The van der Waals surface area contributed by atoms with Crippen molar-refractivity contribution in [3.63, 3.8) is 0 Å². The van der Waals surface area contributed by atoms with E-state index in [1.54, 1.807) is 0 Å². The molecule has 12 heavy (non-hydrogen) atoms. The molecule has 2 fully saturated rings. The van der Waals surface area contributed by atoms with Gasteiger partial charge in [-0.1, -0.05) is 0 Å². The summed E-state index contributed by atoms with van der Waals surface area (Å²) in [5.74, 6) is -0.258. The molecule has 3 nitrogen and oxygen atoms in total. The zero-order chi connectivity index (χ0) is 8.60. The summed E-state index contributed by atoms with van der Waals surface area (Å²) in [5.41, 5.74) is 0. The number of rotatable bonds is 0. The summed E-state index contributed by atoms with van der Waals surface area (Å²) in [4.78, 5) is 2.30. The van der Waals surface area contributed by atoms with Gasteiger partial charge in [-0.15, -0.1) is 0 Å². The van der Waals surface area contributed by atoms with Crippen LogP contribution < -0.4 is 0 Å². The number of likely N-dealkylation sites (N-methyl/N-ethyl adjacent to an activating group) is 1. The molecule has 0 saturated carbocycles. The van der Waals surface area contributed by atoms with Gasteiger partial charge in [0.2, 0.25) is 0 Å². The quantitative estimate of drug-likeness (QED) is 0.539. The van der Waals surface area contributed by atoms with E-state index < -0.39 is 0 Å². The average molecular weight is 171 g/mol. The summed E-state index contributed by atoms with van der Waals surface area (Å²) in [6.45, 7) is 4.87. The SMILES string of the molecule is C[C@@H]1CC2(CN1C)OCCCO2. The first-order valence-corrected chi connectivity index (χ1v) is 4.70. The lowest BCUT2D eigenvalue weighted by atomic mass is 10.1. The van der Waals surface area contributed by atoms with Crippen molar-refractivity contribution in [1.82, 2.24) is 4.90 Å². The van der Waals surface area contributed by atoms with Crippen molar-refractivity contribution < 1.29 is 9.47 Å². The fraction of sp³-hybridized carbons (Fsp3) is 1.00. The molecule has 2 rings (SSSR count). The van der Waals surface area contributed by atoms with Crippen molar-refractivity contribution in [3.05, 3.63) is 0 Å². The summed E-state index contributed by atoms with van der Waals surface area (Å²) in [7, 11) is 2.13. The Hall–Kier alpha value is -0.120. The van der Waals surface area contributed by atoms with E-state index in [2.05, 4.69) is 18.9 Å². The topological polar surface area (TPSA) is 21.7 Å². The van der Waals surface area contributed by atoms with Crippen LogP contribution in [-0.2, 0) is 9.47 Å². The Morgan fingerprint density at radius 2 is 2.00 bits per heavy atom. The maximum absolute atomic E-state index is 5.70. The minimum Gasteiger partial charge on any atom is -0.349 e. The normalized spacial score (nSPS) is 36.0.